The molecule has 1 N–H and O–H groups in total. The highest BCUT2D eigenvalue weighted by Crippen LogP contribution is 2.36. The molecule has 0 amide bonds. The van der Waals surface area contributed by atoms with Crippen LogP contribution in [0.3, 0.4) is 0 Å². The first-order chi connectivity index (χ1) is 21.2. The fourth-order valence-corrected chi connectivity index (χ4v) is 6.27. The Morgan fingerprint density at radius 2 is 1.70 bits per heavy atom. The van der Waals surface area contributed by atoms with Crippen molar-refractivity contribution in [1.29, 1.82) is 0 Å². The first-order valence-electron chi connectivity index (χ1n) is 15.5. The summed E-state index contributed by atoms with van der Waals surface area (Å²) in [6.45, 7) is 3.11. The molecule has 3 heteroatoms. The minimum Gasteiger partial charge on any atom is -0.381 e. The summed E-state index contributed by atoms with van der Waals surface area (Å²) in [6.07, 6.45) is 28.8. The second-order valence-electron chi connectivity index (χ2n) is 11.8. The Hall–Kier alpha value is -4.76. The number of aliphatic imine (C=N–C) groups is 1. The Labute approximate surface area is 255 Å². The third-order valence-electron chi connectivity index (χ3n) is 8.58. The SMILES string of the molecule is CC1C=C(C2=NC(C3=CCCC=C3)CC(c3cc(C4=CC=CCN4)cc(-c4ccc(-c5ccccc5)cn4)c3)=C2)C=CC1. The van der Waals surface area contributed by atoms with Crippen molar-refractivity contribution in [3.63, 3.8) is 0 Å². The van der Waals surface area contributed by atoms with Crippen molar-refractivity contribution in [2.24, 2.45) is 10.9 Å². The van der Waals surface area contributed by atoms with E-state index in [1.807, 2.05) is 12.3 Å². The Morgan fingerprint density at radius 3 is 2.47 bits per heavy atom. The van der Waals surface area contributed by atoms with Crippen LogP contribution in [0.25, 0.3) is 33.7 Å². The molecule has 0 saturated carbocycles. The second-order valence-corrected chi connectivity index (χ2v) is 11.8. The van der Waals surface area contributed by atoms with E-state index in [1.165, 1.54) is 33.4 Å². The van der Waals surface area contributed by atoms with Gasteiger partial charge in [0.2, 0.25) is 0 Å². The molecule has 4 aliphatic rings. The Bertz CT molecular complexity index is 1760. The van der Waals surface area contributed by atoms with Gasteiger partial charge in [-0.25, -0.2) is 0 Å². The molecule has 2 aliphatic carbocycles. The molecule has 0 radical (unpaired) electrons. The van der Waals surface area contributed by atoms with E-state index in [9.17, 15) is 0 Å². The first-order valence-corrected chi connectivity index (χ1v) is 15.5. The topological polar surface area (TPSA) is 37.3 Å². The third-order valence-corrected chi connectivity index (χ3v) is 8.58. The number of hydrogen-bond donors (Lipinski definition) is 1. The maximum atomic E-state index is 5.33. The molecule has 2 unspecified atom stereocenters. The van der Waals surface area contributed by atoms with Crippen molar-refractivity contribution in [2.75, 3.05) is 6.54 Å². The molecule has 0 bridgehead atoms. The summed E-state index contributed by atoms with van der Waals surface area (Å²) in [7, 11) is 0. The molecule has 0 fully saturated rings. The van der Waals surface area contributed by atoms with E-state index in [-0.39, 0.29) is 6.04 Å². The standard InChI is InChI=1S/C40H37N3/c1-28-11-10-16-31(21-28)40-26-34(25-39(43-40)30-14-6-3-7-15-30)33-22-35(37-17-8-9-20-41-37)24-36(23-33)38-19-18-32(27-42-38)29-12-4-2-5-13-29/h2,4-6,8-10,12-19,21-24,26-28,39,41H,3,7,11,20,25H2,1H3. The number of benzene rings is 2. The Kier molecular flexibility index (Phi) is 7.71. The summed E-state index contributed by atoms with van der Waals surface area (Å²) in [4.78, 5) is 10.3. The largest absolute Gasteiger partial charge is 0.381 e. The van der Waals surface area contributed by atoms with Gasteiger partial charge in [-0.2, -0.15) is 0 Å². The van der Waals surface area contributed by atoms with Crippen LogP contribution in [0.1, 0.15) is 43.7 Å². The lowest BCUT2D eigenvalue weighted by Gasteiger charge is -2.26. The Balaban J connectivity index is 1.32. The van der Waals surface area contributed by atoms with Gasteiger partial charge in [0.05, 0.1) is 17.4 Å². The number of nitrogens with zero attached hydrogens (tertiary/aromatic N) is 2. The summed E-state index contributed by atoms with van der Waals surface area (Å²) in [5, 5.41) is 3.57. The maximum Gasteiger partial charge on any atom is 0.0793 e. The van der Waals surface area contributed by atoms with Gasteiger partial charge >= 0.3 is 0 Å². The molecule has 3 aromatic rings. The van der Waals surface area contributed by atoms with Gasteiger partial charge in [0, 0.05) is 29.6 Å². The van der Waals surface area contributed by atoms with Crippen LogP contribution in [0.5, 0.6) is 0 Å². The average Bonchev–Trinajstić information content (AvgIpc) is 3.09. The van der Waals surface area contributed by atoms with Crippen LogP contribution in [0.4, 0.5) is 0 Å². The summed E-state index contributed by atoms with van der Waals surface area (Å²) < 4.78 is 0. The smallest absolute Gasteiger partial charge is 0.0793 e. The highest BCUT2D eigenvalue weighted by molar-refractivity contribution is 6.15. The predicted molar refractivity (Wildman–Crippen MR) is 182 cm³/mol. The van der Waals surface area contributed by atoms with Crippen molar-refractivity contribution >= 4 is 17.0 Å². The van der Waals surface area contributed by atoms with Crippen LogP contribution in [0.2, 0.25) is 0 Å². The minimum atomic E-state index is 0.114. The number of aromatic nitrogens is 1. The highest BCUT2D eigenvalue weighted by atomic mass is 14.9. The number of rotatable bonds is 6. The van der Waals surface area contributed by atoms with E-state index in [4.69, 9.17) is 9.98 Å². The van der Waals surface area contributed by atoms with Gasteiger partial charge in [0.15, 0.2) is 0 Å². The molecule has 43 heavy (non-hydrogen) atoms. The van der Waals surface area contributed by atoms with E-state index in [2.05, 4.69) is 128 Å². The summed E-state index contributed by atoms with van der Waals surface area (Å²) in [5.41, 5.74) is 12.9. The predicted octanol–water partition coefficient (Wildman–Crippen LogP) is 9.31. The van der Waals surface area contributed by atoms with Crippen LogP contribution in [0.15, 0.2) is 144 Å². The molecule has 3 nitrogen and oxygen atoms in total. The molecule has 212 valence electrons. The van der Waals surface area contributed by atoms with E-state index in [0.29, 0.717) is 5.92 Å². The maximum absolute atomic E-state index is 5.33. The van der Waals surface area contributed by atoms with Crippen LogP contribution in [-0.2, 0) is 0 Å². The van der Waals surface area contributed by atoms with Gasteiger partial charge in [0.25, 0.3) is 0 Å². The number of hydrogen-bond acceptors (Lipinski definition) is 3. The zero-order chi connectivity index (χ0) is 29.0. The molecule has 2 aliphatic heterocycles. The van der Waals surface area contributed by atoms with E-state index >= 15 is 0 Å². The van der Waals surface area contributed by atoms with Gasteiger partial charge < -0.3 is 5.32 Å². The zero-order valence-corrected chi connectivity index (χ0v) is 24.7. The fraction of sp³-hybridized carbons (Fsp3) is 0.200. The average molecular weight is 560 g/mol. The first kappa shape index (κ1) is 27.1. The molecule has 2 atom stereocenters. The van der Waals surface area contributed by atoms with Crippen molar-refractivity contribution < 1.29 is 0 Å². The van der Waals surface area contributed by atoms with E-state index < -0.39 is 0 Å². The molecule has 3 heterocycles. The minimum absolute atomic E-state index is 0.114. The van der Waals surface area contributed by atoms with Gasteiger partial charge in [0.1, 0.15) is 0 Å². The molecule has 0 saturated heterocycles. The van der Waals surface area contributed by atoms with Gasteiger partial charge in [-0.05, 0) is 101 Å². The molecular formula is C40H37N3. The van der Waals surface area contributed by atoms with Crippen LogP contribution >= 0.6 is 0 Å². The van der Waals surface area contributed by atoms with Crippen molar-refractivity contribution in [2.45, 2.75) is 38.6 Å². The van der Waals surface area contributed by atoms with Gasteiger partial charge in [-0.1, -0.05) is 91.9 Å². The van der Waals surface area contributed by atoms with Gasteiger partial charge in [-0.3, -0.25) is 9.98 Å². The zero-order valence-electron chi connectivity index (χ0n) is 24.7. The molecule has 1 aromatic heterocycles. The lowest BCUT2D eigenvalue weighted by atomic mass is 9.85. The van der Waals surface area contributed by atoms with Gasteiger partial charge in [-0.15, -0.1) is 0 Å². The summed E-state index contributed by atoms with van der Waals surface area (Å²) in [5.74, 6) is 0.519. The van der Waals surface area contributed by atoms with Crippen LogP contribution in [0, 0.1) is 5.92 Å². The summed E-state index contributed by atoms with van der Waals surface area (Å²) in [6, 6.07) is 21.8. The number of allylic oxidation sites excluding steroid dienone is 9. The number of pyridine rings is 1. The molecule has 0 spiro atoms. The number of nitrogens with one attached hydrogen (secondary N) is 1. The van der Waals surface area contributed by atoms with E-state index in [0.717, 1.165) is 60.5 Å². The fourth-order valence-electron chi connectivity index (χ4n) is 6.27. The highest BCUT2D eigenvalue weighted by Gasteiger charge is 2.24. The van der Waals surface area contributed by atoms with E-state index in [1.54, 1.807) is 0 Å². The van der Waals surface area contributed by atoms with Crippen LogP contribution < -0.4 is 5.32 Å². The van der Waals surface area contributed by atoms with Crippen molar-refractivity contribution in [3.05, 3.63) is 150 Å². The quantitative estimate of drug-likeness (QED) is 0.327. The molecular weight excluding hydrogens is 522 g/mol. The van der Waals surface area contributed by atoms with Crippen molar-refractivity contribution in [1.82, 2.24) is 10.3 Å². The second kappa shape index (κ2) is 12.2. The normalized spacial score (nSPS) is 21.3. The Morgan fingerprint density at radius 1 is 0.814 bits per heavy atom. The molecule has 7 rings (SSSR count). The van der Waals surface area contributed by atoms with Crippen LogP contribution in [-0.4, -0.2) is 23.3 Å². The molecule has 2 aromatic carbocycles. The third kappa shape index (κ3) is 6.08. The lowest BCUT2D eigenvalue weighted by molar-refractivity contribution is 0.732. The summed E-state index contributed by atoms with van der Waals surface area (Å²) >= 11 is 0. The monoisotopic (exact) mass is 559 g/mol. The number of dihydropyridines is 2. The van der Waals surface area contributed by atoms with Crippen molar-refractivity contribution in [3.8, 4) is 22.4 Å². The lowest BCUT2D eigenvalue weighted by Crippen LogP contribution is -2.19.